The third kappa shape index (κ3) is 1.99. The zero-order valence-corrected chi connectivity index (χ0v) is 9.20. The topological polar surface area (TPSA) is 33.4 Å². The molecule has 0 spiro atoms. The Morgan fingerprint density at radius 1 is 1.19 bits per heavy atom. The van der Waals surface area contributed by atoms with Crippen molar-refractivity contribution in [1.29, 1.82) is 0 Å². The first kappa shape index (κ1) is 10.9. The fourth-order valence-electron chi connectivity index (χ4n) is 1.58. The molecule has 1 N–H and O–H groups in total. The van der Waals surface area contributed by atoms with Gasteiger partial charge in [-0.15, -0.1) is 0 Å². The number of hydrogen-bond acceptors (Lipinski definition) is 2. The Kier molecular flexibility index (Phi) is 2.79. The molecule has 84 valence electrons. The van der Waals surface area contributed by atoms with E-state index in [1.807, 2.05) is 0 Å². The number of aliphatic hydroxyl groups excluding tert-OH is 1. The molecule has 1 heterocycles. The Balaban J connectivity index is 2.33. The first-order chi connectivity index (χ1) is 7.58. The summed E-state index contributed by atoms with van der Waals surface area (Å²) in [4.78, 5) is 0. The minimum absolute atomic E-state index is 0.309. The molecule has 2 nitrogen and oxygen atoms in total. The van der Waals surface area contributed by atoms with E-state index in [4.69, 9.17) is 4.42 Å². The quantitative estimate of drug-likeness (QED) is 0.843. The lowest BCUT2D eigenvalue weighted by Crippen LogP contribution is -1.99. The lowest BCUT2D eigenvalue weighted by Gasteiger charge is -2.09. The number of furan rings is 1. The molecule has 1 unspecified atom stereocenters. The molecule has 16 heavy (non-hydrogen) atoms. The standard InChI is InChI=1S/C13H13FO2/c1-8-3-4-10(6-12(8)14)13(15)11-5-9(2)16-7-11/h3-7,13,15H,1-2H3. The monoisotopic (exact) mass is 220 g/mol. The average molecular weight is 220 g/mol. The molecule has 1 aromatic carbocycles. The van der Waals surface area contributed by atoms with Crippen LogP contribution in [0.15, 0.2) is 34.9 Å². The number of aryl methyl sites for hydroxylation is 2. The van der Waals surface area contributed by atoms with E-state index in [-0.39, 0.29) is 5.82 Å². The maximum absolute atomic E-state index is 13.3. The Morgan fingerprint density at radius 3 is 2.50 bits per heavy atom. The predicted molar refractivity (Wildman–Crippen MR) is 58.6 cm³/mol. The summed E-state index contributed by atoms with van der Waals surface area (Å²) in [5, 5.41) is 9.99. The van der Waals surface area contributed by atoms with Gasteiger partial charge in [0.25, 0.3) is 0 Å². The van der Waals surface area contributed by atoms with Crippen molar-refractivity contribution in [2.24, 2.45) is 0 Å². The summed E-state index contributed by atoms with van der Waals surface area (Å²) in [6.07, 6.45) is 0.644. The molecule has 1 atom stereocenters. The second kappa shape index (κ2) is 4.10. The summed E-state index contributed by atoms with van der Waals surface area (Å²) >= 11 is 0. The Bertz CT molecular complexity index is 502. The van der Waals surface area contributed by atoms with Crippen LogP contribution in [0, 0.1) is 19.7 Å². The maximum Gasteiger partial charge on any atom is 0.126 e. The van der Waals surface area contributed by atoms with E-state index in [0.29, 0.717) is 16.7 Å². The highest BCUT2D eigenvalue weighted by Gasteiger charge is 2.13. The fourth-order valence-corrected chi connectivity index (χ4v) is 1.58. The first-order valence-corrected chi connectivity index (χ1v) is 5.07. The highest BCUT2D eigenvalue weighted by molar-refractivity contribution is 5.31. The van der Waals surface area contributed by atoms with Crippen LogP contribution in [0.1, 0.15) is 28.6 Å². The van der Waals surface area contributed by atoms with Gasteiger partial charge in [0, 0.05) is 5.56 Å². The van der Waals surface area contributed by atoms with Crippen LogP contribution in [-0.2, 0) is 0 Å². The normalized spacial score (nSPS) is 12.8. The summed E-state index contributed by atoms with van der Waals surface area (Å²) in [5.74, 6) is 0.415. The molecule has 0 saturated carbocycles. The summed E-state index contributed by atoms with van der Waals surface area (Å²) in [6, 6.07) is 6.46. The molecular formula is C13H13FO2. The van der Waals surface area contributed by atoms with Gasteiger partial charge >= 0.3 is 0 Å². The van der Waals surface area contributed by atoms with E-state index in [9.17, 15) is 9.50 Å². The fraction of sp³-hybridized carbons (Fsp3) is 0.231. The molecule has 0 radical (unpaired) electrons. The number of aliphatic hydroxyl groups is 1. The van der Waals surface area contributed by atoms with E-state index in [0.717, 1.165) is 5.76 Å². The van der Waals surface area contributed by atoms with Crippen LogP contribution < -0.4 is 0 Å². The first-order valence-electron chi connectivity index (χ1n) is 5.07. The molecular weight excluding hydrogens is 207 g/mol. The summed E-state index contributed by atoms with van der Waals surface area (Å²) in [7, 11) is 0. The van der Waals surface area contributed by atoms with E-state index >= 15 is 0 Å². The van der Waals surface area contributed by atoms with Crippen LogP contribution in [0.5, 0.6) is 0 Å². The van der Waals surface area contributed by atoms with Crippen molar-refractivity contribution in [3.8, 4) is 0 Å². The maximum atomic E-state index is 13.3. The molecule has 0 aliphatic heterocycles. The van der Waals surface area contributed by atoms with E-state index in [1.54, 1.807) is 32.0 Å². The van der Waals surface area contributed by atoms with Gasteiger partial charge in [0.2, 0.25) is 0 Å². The lowest BCUT2D eigenvalue weighted by atomic mass is 10.0. The zero-order chi connectivity index (χ0) is 11.7. The van der Waals surface area contributed by atoms with Gasteiger partial charge in [0.1, 0.15) is 17.7 Å². The van der Waals surface area contributed by atoms with E-state index < -0.39 is 6.10 Å². The highest BCUT2D eigenvalue weighted by atomic mass is 19.1. The van der Waals surface area contributed by atoms with Crippen molar-refractivity contribution < 1.29 is 13.9 Å². The summed E-state index contributed by atoms with van der Waals surface area (Å²) in [5.41, 5.74) is 1.74. The van der Waals surface area contributed by atoms with Gasteiger partial charge in [-0.25, -0.2) is 4.39 Å². The van der Waals surface area contributed by atoms with Crippen LogP contribution >= 0.6 is 0 Å². The third-order valence-electron chi connectivity index (χ3n) is 2.58. The minimum Gasteiger partial charge on any atom is -0.469 e. The van der Waals surface area contributed by atoms with Gasteiger partial charge in [0.05, 0.1) is 6.26 Å². The Labute approximate surface area is 93.3 Å². The summed E-state index contributed by atoms with van der Waals surface area (Å²) < 4.78 is 18.4. The average Bonchev–Trinajstić information content (AvgIpc) is 2.68. The van der Waals surface area contributed by atoms with Gasteiger partial charge < -0.3 is 9.52 Å². The molecule has 0 aliphatic carbocycles. The van der Waals surface area contributed by atoms with Crippen molar-refractivity contribution in [2.45, 2.75) is 20.0 Å². The number of halogens is 1. The second-order valence-corrected chi connectivity index (χ2v) is 3.90. The number of benzene rings is 1. The van der Waals surface area contributed by atoms with E-state index in [1.165, 1.54) is 12.3 Å². The van der Waals surface area contributed by atoms with Crippen LogP contribution in [0.3, 0.4) is 0 Å². The van der Waals surface area contributed by atoms with Crippen molar-refractivity contribution in [1.82, 2.24) is 0 Å². The van der Waals surface area contributed by atoms with Crippen molar-refractivity contribution >= 4 is 0 Å². The van der Waals surface area contributed by atoms with Crippen molar-refractivity contribution in [3.05, 3.63) is 58.8 Å². The SMILES string of the molecule is Cc1cc(C(O)c2ccc(C)c(F)c2)co1. The molecule has 2 rings (SSSR count). The van der Waals surface area contributed by atoms with Crippen LogP contribution in [0.2, 0.25) is 0 Å². The minimum atomic E-state index is -0.840. The summed E-state index contributed by atoms with van der Waals surface area (Å²) in [6.45, 7) is 3.49. The number of hydrogen-bond donors (Lipinski definition) is 1. The smallest absolute Gasteiger partial charge is 0.126 e. The van der Waals surface area contributed by atoms with Crippen molar-refractivity contribution in [2.75, 3.05) is 0 Å². The second-order valence-electron chi connectivity index (χ2n) is 3.90. The molecule has 1 aromatic heterocycles. The molecule has 0 fully saturated rings. The molecule has 3 heteroatoms. The molecule has 0 bridgehead atoms. The lowest BCUT2D eigenvalue weighted by molar-refractivity contribution is 0.218. The third-order valence-corrected chi connectivity index (χ3v) is 2.58. The Hall–Kier alpha value is -1.61. The molecule has 2 aromatic rings. The molecule has 0 saturated heterocycles. The van der Waals surface area contributed by atoms with Crippen LogP contribution in [0.25, 0.3) is 0 Å². The van der Waals surface area contributed by atoms with Gasteiger partial charge in [-0.3, -0.25) is 0 Å². The van der Waals surface area contributed by atoms with E-state index in [2.05, 4.69) is 0 Å². The Morgan fingerprint density at radius 2 is 1.94 bits per heavy atom. The van der Waals surface area contributed by atoms with Gasteiger partial charge in [-0.05, 0) is 37.1 Å². The highest BCUT2D eigenvalue weighted by Crippen LogP contribution is 2.24. The van der Waals surface area contributed by atoms with Crippen molar-refractivity contribution in [3.63, 3.8) is 0 Å². The molecule has 0 aliphatic rings. The largest absolute Gasteiger partial charge is 0.469 e. The predicted octanol–water partition coefficient (Wildman–Crippen LogP) is 3.12. The zero-order valence-electron chi connectivity index (χ0n) is 9.20. The van der Waals surface area contributed by atoms with Crippen LogP contribution in [0.4, 0.5) is 4.39 Å². The van der Waals surface area contributed by atoms with Gasteiger partial charge in [-0.2, -0.15) is 0 Å². The van der Waals surface area contributed by atoms with Gasteiger partial charge in [-0.1, -0.05) is 12.1 Å². The molecule has 0 amide bonds. The van der Waals surface area contributed by atoms with Crippen LogP contribution in [-0.4, -0.2) is 5.11 Å². The number of rotatable bonds is 2. The van der Waals surface area contributed by atoms with Gasteiger partial charge in [0.15, 0.2) is 0 Å².